The third kappa shape index (κ3) is 3.94. The highest BCUT2D eigenvalue weighted by atomic mass is 16.3. The van der Waals surface area contributed by atoms with Crippen LogP contribution in [0.15, 0.2) is 60.7 Å². The Balaban J connectivity index is 2.17. The van der Waals surface area contributed by atoms with Gasteiger partial charge in [0.1, 0.15) is 0 Å². The summed E-state index contributed by atoms with van der Waals surface area (Å²) >= 11 is 0. The molecule has 0 aliphatic heterocycles. The molecule has 0 aliphatic carbocycles. The Labute approximate surface area is 122 Å². The van der Waals surface area contributed by atoms with Gasteiger partial charge in [0.2, 0.25) is 0 Å². The van der Waals surface area contributed by atoms with E-state index in [1.54, 1.807) is 0 Å². The number of benzene rings is 2. The van der Waals surface area contributed by atoms with Gasteiger partial charge in [0.25, 0.3) is 0 Å². The number of hydrogen-bond acceptors (Lipinski definition) is 1. The summed E-state index contributed by atoms with van der Waals surface area (Å²) in [5.74, 6) is 0.728. The summed E-state index contributed by atoms with van der Waals surface area (Å²) in [5, 5.41) is 9.85. The molecule has 0 heterocycles. The van der Waals surface area contributed by atoms with E-state index in [4.69, 9.17) is 0 Å². The van der Waals surface area contributed by atoms with Crippen molar-refractivity contribution in [3.63, 3.8) is 0 Å². The van der Waals surface area contributed by atoms with E-state index < -0.39 is 0 Å². The second-order valence-corrected chi connectivity index (χ2v) is 5.44. The van der Waals surface area contributed by atoms with Gasteiger partial charge in [0.05, 0.1) is 0 Å². The van der Waals surface area contributed by atoms with E-state index >= 15 is 0 Å². The van der Waals surface area contributed by atoms with Crippen LogP contribution in [0, 0.1) is 5.92 Å². The molecule has 2 aromatic carbocycles. The van der Waals surface area contributed by atoms with Crippen LogP contribution in [0.5, 0.6) is 0 Å². The fourth-order valence-electron chi connectivity index (χ4n) is 2.94. The zero-order valence-electron chi connectivity index (χ0n) is 12.2. The average molecular weight is 268 g/mol. The van der Waals surface area contributed by atoms with E-state index in [0.29, 0.717) is 11.8 Å². The van der Waals surface area contributed by atoms with Crippen molar-refractivity contribution in [2.24, 2.45) is 5.92 Å². The molecule has 0 amide bonds. The third-order valence-electron chi connectivity index (χ3n) is 3.97. The van der Waals surface area contributed by atoms with E-state index in [1.807, 2.05) is 6.07 Å². The average Bonchev–Trinajstić information content (AvgIpc) is 2.52. The second kappa shape index (κ2) is 7.86. The minimum Gasteiger partial charge on any atom is -0.396 e. The van der Waals surface area contributed by atoms with E-state index in [9.17, 15) is 5.11 Å². The first kappa shape index (κ1) is 14.8. The number of aliphatic hydroxyl groups is 1. The molecule has 0 radical (unpaired) electrons. The van der Waals surface area contributed by atoms with Crippen molar-refractivity contribution in [2.75, 3.05) is 6.61 Å². The van der Waals surface area contributed by atoms with Crippen LogP contribution in [0.3, 0.4) is 0 Å². The van der Waals surface area contributed by atoms with Crippen molar-refractivity contribution in [3.05, 3.63) is 71.8 Å². The minimum absolute atomic E-state index is 0.244. The molecule has 106 valence electrons. The highest BCUT2D eigenvalue weighted by molar-refractivity contribution is 5.22. The largest absolute Gasteiger partial charge is 0.396 e. The van der Waals surface area contributed by atoms with E-state index in [2.05, 4.69) is 61.5 Å². The quantitative estimate of drug-likeness (QED) is 0.788. The predicted octanol–water partition coefficient (Wildman–Crippen LogP) is 4.42. The highest BCUT2D eigenvalue weighted by Crippen LogP contribution is 2.31. The van der Waals surface area contributed by atoms with Gasteiger partial charge in [-0.25, -0.2) is 0 Å². The van der Waals surface area contributed by atoms with Crippen LogP contribution in [-0.2, 0) is 6.42 Å². The molecule has 0 unspecified atom stereocenters. The second-order valence-electron chi connectivity index (χ2n) is 5.44. The monoisotopic (exact) mass is 268 g/mol. The molecule has 0 aromatic heterocycles. The minimum atomic E-state index is 0.244. The zero-order valence-corrected chi connectivity index (χ0v) is 12.2. The van der Waals surface area contributed by atoms with Gasteiger partial charge in [-0.1, -0.05) is 74.0 Å². The summed E-state index contributed by atoms with van der Waals surface area (Å²) < 4.78 is 0. The Morgan fingerprint density at radius 1 is 0.900 bits per heavy atom. The maximum Gasteiger partial charge on any atom is 0.0468 e. The van der Waals surface area contributed by atoms with Gasteiger partial charge in [-0.05, 0) is 35.8 Å². The van der Waals surface area contributed by atoms with Crippen molar-refractivity contribution < 1.29 is 5.11 Å². The molecule has 1 nitrogen and oxygen atoms in total. The fourth-order valence-corrected chi connectivity index (χ4v) is 2.94. The fraction of sp³-hybridized carbons (Fsp3) is 0.368. The first-order chi connectivity index (χ1) is 9.85. The van der Waals surface area contributed by atoms with E-state index in [-0.39, 0.29) is 6.61 Å². The Kier molecular flexibility index (Phi) is 5.82. The number of hydrogen-bond donors (Lipinski definition) is 1. The Morgan fingerprint density at radius 2 is 1.50 bits per heavy atom. The molecule has 2 atom stereocenters. The lowest BCUT2D eigenvalue weighted by Gasteiger charge is -2.26. The topological polar surface area (TPSA) is 20.2 Å². The summed E-state index contributed by atoms with van der Waals surface area (Å²) in [5.41, 5.74) is 2.66. The number of aliphatic hydroxyl groups excluding tert-OH is 1. The van der Waals surface area contributed by atoms with Gasteiger partial charge in [-0.3, -0.25) is 0 Å². The Hall–Kier alpha value is -1.60. The lowest BCUT2D eigenvalue weighted by Crippen LogP contribution is -2.19. The SMILES string of the molecule is CCC[C@@H](c1ccccc1)[C@@H](CO)Cc1ccccc1. The lowest BCUT2D eigenvalue weighted by molar-refractivity contribution is 0.198. The van der Waals surface area contributed by atoms with Crippen molar-refractivity contribution in [1.29, 1.82) is 0 Å². The van der Waals surface area contributed by atoms with Crippen LogP contribution in [0.4, 0.5) is 0 Å². The molecular formula is C19H24O. The zero-order chi connectivity index (χ0) is 14.2. The summed E-state index contributed by atoms with van der Waals surface area (Å²) in [7, 11) is 0. The summed E-state index contributed by atoms with van der Waals surface area (Å²) in [6.07, 6.45) is 3.21. The Bertz CT molecular complexity index is 478. The molecule has 2 aromatic rings. The van der Waals surface area contributed by atoms with Crippen LogP contribution in [0.2, 0.25) is 0 Å². The maximum absolute atomic E-state index is 9.85. The standard InChI is InChI=1S/C19H24O/c1-2-9-19(17-12-7-4-8-13-17)18(15-20)14-16-10-5-3-6-11-16/h3-8,10-13,18-20H,2,9,14-15H2,1H3/t18-,19+/m1/s1. The maximum atomic E-state index is 9.85. The summed E-state index contributed by atoms with van der Waals surface area (Å²) in [4.78, 5) is 0. The smallest absolute Gasteiger partial charge is 0.0468 e. The van der Waals surface area contributed by atoms with Gasteiger partial charge >= 0.3 is 0 Å². The molecule has 0 fully saturated rings. The van der Waals surface area contributed by atoms with Crippen LogP contribution >= 0.6 is 0 Å². The van der Waals surface area contributed by atoms with Crippen molar-refractivity contribution in [2.45, 2.75) is 32.1 Å². The van der Waals surface area contributed by atoms with E-state index in [0.717, 1.165) is 19.3 Å². The molecule has 0 saturated heterocycles. The third-order valence-corrected chi connectivity index (χ3v) is 3.97. The molecule has 0 bridgehead atoms. The Morgan fingerprint density at radius 3 is 2.05 bits per heavy atom. The summed E-state index contributed by atoms with van der Waals surface area (Å²) in [6, 6.07) is 21.1. The van der Waals surface area contributed by atoms with Crippen LogP contribution < -0.4 is 0 Å². The van der Waals surface area contributed by atoms with Crippen LogP contribution in [0.25, 0.3) is 0 Å². The molecule has 2 rings (SSSR count). The number of rotatable bonds is 7. The van der Waals surface area contributed by atoms with Crippen LogP contribution in [0.1, 0.15) is 36.8 Å². The van der Waals surface area contributed by atoms with Gasteiger partial charge in [0, 0.05) is 6.61 Å². The van der Waals surface area contributed by atoms with Gasteiger partial charge in [0.15, 0.2) is 0 Å². The van der Waals surface area contributed by atoms with Gasteiger partial charge in [-0.15, -0.1) is 0 Å². The molecule has 0 spiro atoms. The molecule has 1 heteroatoms. The molecule has 0 saturated carbocycles. The molecule has 20 heavy (non-hydrogen) atoms. The lowest BCUT2D eigenvalue weighted by atomic mass is 9.80. The normalized spacial score (nSPS) is 13.9. The molecule has 0 aliphatic rings. The van der Waals surface area contributed by atoms with Gasteiger partial charge < -0.3 is 5.11 Å². The van der Waals surface area contributed by atoms with Gasteiger partial charge in [-0.2, -0.15) is 0 Å². The molecular weight excluding hydrogens is 244 g/mol. The van der Waals surface area contributed by atoms with Crippen LogP contribution in [-0.4, -0.2) is 11.7 Å². The van der Waals surface area contributed by atoms with E-state index in [1.165, 1.54) is 11.1 Å². The van der Waals surface area contributed by atoms with Crippen molar-refractivity contribution in [3.8, 4) is 0 Å². The molecule has 1 N–H and O–H groups in total. The van der Waals surface area contributed by atoms with Crippen molar-refractivity contribution in [1.82, 2.24) is 0 Å². The predicted molar refractivity (Wildman–Crippen MR) is 84.8 cm³/mol. The summed E-state index contributed by atoms with van der Waals surface area (Å²) in [6.45, 7) is 2.46. The highest BCUT2D eigenvalue weighted by Gasteiger charge is 2.22. The van der Waals surface area contributed by atoms with Crippen molar-refractivity contribution >= 4 is 0 Å². The first-order valence-corrected chi connectivity index (χ1v) is 7.55. The first-order valence-electron chi connectivity index (χ1n) is 7.55.